The van der Waals surface area contributed by atoms with E-state index in [0.717, 1.165) is 0 Å². The maximum atomic E-state index is 11.2. The van der Waals surface area contributed by atoms with Gasteiger partial charge in [-0.05, 0) is 13.0 Å². The molecule has 0 aliphatic rings. The molecule has 0 aliphatic carbocycles. The summed E-state index contributed by atoms with van der Waals surface area (Å²) in [5, 5.41) is 8.55. The Morgan fingerprint density at radius 2 is 2.50 bits per heavy atom. The van der Waals surface area contributed by atoms with Gasteiger partial charge in [0.05, 0.1) is 12.2 Å². The Kier molecular flexibility index (Phi) is 3.48. The molecule has 4 nitrogen and oxygen atoms in total. The largest absolute Gasteiger partial charge is 0.461 e. The lowest BCUT2D eigenvalue weighted by Crippen LogP contribution is -2.08. The Morgan fingerprint density at radius 1 is 1.79 bits per heavy atom. The monoisotopic (exact) mass is 208 g/mol. The van der Waals surface area contributed by atoms with Crippen molar-refractivity contribution >= 4 is 18.6 Å². The average molecular weight is 208 g/mol. The highest BCUT2D eigenvalue weighted by Gasteiger charge is 2.12. The molecule has 0 atom stereocenters. The van der Waals surface area contributed by atoms with Crippen LogP contribution in [0.25, 0.3) is 0 Å². The minimum atomic E-state index is -0.526. The van der Waals surface area contributed by atoms with Crippen LogP contribution in [0.4, 0.5) is 0 Å². The maximum absolute atomic E-state index is 11.2. The molecule has 1 rings (SSSR count). The van der Waals surface area contributed by atoms with Crippen LogP contribution in [0.5, 0.6) is 0 Å². The van der Waals surface area contributed by atoms with E-state index in [4.69, 9.17) is 10.00 Å². The number of nitrogens with zero attached hydrogens (tertiary/aromatic N) is 2. The second-order valence-corrected chi connectivity index (χ2v) is 2.91. The van der Waals surface area contributed by atoms with E-state index in [9.17, 15) is 4.79 Å². The standard InChI is InChI=1S/C9H8N2O2S/c1-2-13-9(12)8-7(14)3-6(4-10)5-11-8/h3,5,14H,2H2,1H3. The van der Waals surface area contributed by atoms with Crippen molar-refractivity contribution in [3.8, 4) is 6.07 Å². The number of hydrogen-bond donors (Lipinski definition) is 1. The van der Waals surface area contributed by atoms with Gasteiger partial charge in [-0.25, -0.2) is 9.78 Å². The molecule has 5 heteroatoms. The Bertz CT molecular complexity index is 398. The first-order chi connectivity index (χ1) is 6.69. The molecule has 0 spiro atoms. The van der Waals surface area contributed by atoms with E-state index in [0.29, 0.717) is 10.5 Å². The molecule has 0 unspecified atom stereocenters. The maximum Gasteiger partial charge on any atom is 0.358 e. The summed E-state index contributed by atoms with van der Waals surface area (Å²) >= 11 is 4.04. The van der Waals surface area contributed by atoms with Crippen molar-refractivity contribution < 1.29 is 9.53 Å². The molecule has 0 fully saturated rings. The zero-order valence-electron chi connectivity index (χ0n) is 7.52. The fourth-order valence-electron chi connectivity index (χ4n) is 0.871. The molecule has 0 aromatic carbocycles. The Labute approximate surface area is 86.9 Å². The van der Waals surface area contributed by atoms with E-state index in [-0.39, 0.29) is 12.3 Å². The molecular formula is C9H8N2O2S. The summed E-state index contributed by atoms with van der Waals surface area (Å²) in [6, 6.07) is 3.38. The third kappa shape index (κ3) is 2.24. The normalized spacial score (nSPS) is 9.21. The van der Waals surface area contributed by atoms with E-state index < -0.39 is 5.97 Å². The van der Waals surface area contributed by atoms with Gasteiger partial charge in [0.15, 0.2) is 5.69 Å². The number of esters is 1. The highest BCUT2D eigenvalue weighted by molar-refractivity contribution is 7.80. The molecule has 0 amide bonds. The predicted molar refractivity (Wildman–Crippen MR) is 52.2 cm³/mol. The lowest BCUT2D eigenvalue weighted by Gasteiger charge is -2.02. The molecular weight excluding hydrogens is 200 g/mol. The fraction of sp³-hybridized carbons (Fsp3) is 0.222. The van der Waals surface area contributed by atoms with Gasteiger partial charge in [-0.3, -0.25) is 0 Å². The number of pyridine rings is 1. The van der Waals surface area contributed by atoms with Crippen LogP contribution in [0.15, 0.2) is 17.2 Å². The number of aromatic nitrogens is 1. The highest BCUT2D eigenvalue weighted by Crippen LogP contribution is 2.13. The van der Waals surface area contributed by atoms with Gasteiger partial charge in [0.1, 0.15) is 6.07 Å². The Morgan fingerprint density at radius 3 is 3.00 bits per heavy atom. The summed E-state index contributed by atoms with van der Waals surface area (Å²) in [7, 11) is 0. The van der Waals surface area contributed by atoms with Crippen LogP contribution in [-0.4, -0.2) is 17.6 Å². The number of rotatable bonds is 2. The first-order valence-electron chi connectivity index (χ1n) is 3.95. The summed E-state index contributed by atoms with van der Waals surface area (Å²) in [5.74, 6) is -0.526. The molecule has 72 valence electrons. The zero-order chi connectivity index (χ0) is 10.6. The van der Waals surface area contributed by atoms with Gasteiger partial charge in [0.2, 0.25) is 0 Å². The lowest BCUT2D eigenvalue weighted by atomic mass is 10.2. The number of carbonyl (C=O) groups excluding carboxylic acids is 1. The smallest absolute Gasteiger partial charge is 0.358 e. The molecule has 0 saturated heterocycles. The Hall–Kier alpha value is -1.54. The molecule has 1 heterocycles. The van der Waals surface area contributed by atoms with E-state index in [1.807, 2.05) is 6.07 Å². The van der Waals surface area contributed by atoms with Gasteiger partial charge in [-0.15, -0.1) is 12.6 Å². The number of carbonyl (C=O) groups is 1. The number of thiol groups is 1. The van der Waals surface area contributed by atoms with Gasteiger partial charge in [-0.2, -0.15) is 5.26 Å². The number of ether oxygens (including phenoxy) is 1. The van der Waals surface area contributed by atoms with Crippen molar-refractivity contribution in [1.82, 2.24) is 4.98 Å². The number of hydrogen-bond acceptors (Lipinski definition) is 5. The van der Waals surface area contributed by atoms with Crippen LogP contribution in [0.1, 0.15) is 23.0 Å². The van der Waals surface area contributed by atoms with E-state index in [1.54, 1.807) is 6.92 Å². The number of nitriles is 1. The van der Waals surface area contributed by atoms with Crippen molar-refractivity contribution in [3.63, 3.8) is 0 Å². The van der Waals surface area contributed by atoms with Gasteiger partial charge in [-0.1, -0.05) is 0 Å². The molecule has 0 radical (unpaired) electrons. The fourth-order valence-corrected chi connectivity index (χ4v) is 1.16. The van der Waals surface area contributed by atoms with Crippen LogP contribution in [0.2, 0.25) is 0 Å². The quantitative estimate of drug-likeness (QED) is 0.589. The minimum absolute atomic E-state index is 0.134. The molecule has 0 saturated carbocycles. The van der Waals surface area contributed by atoms with Crippen molar-refractivity contribution in [2.45, 2.75) is 11.8 Å². The van der Waals surface area contributed by atoms with Crippen LogP contribution >= 0.6 is 12.6 Å². The zero-order valence-corrected chi connectivity index (χ0v) is 8.41. The average Bonchev–Trinajstić information content (AvgIpc) is 2.17. The molecule has 0 N–H and O–H groups in total. The topological polar surface area (TPSA) is 63.0 Å². The second-order valence-electron chi connectivity index (χ2n) is 2.42. The summed E-state index contributed by atoms with van der Waals surface area (Å²) in [4.78, 5) is 15.4. The summed E-state index contributed by atoms with van der Waals surface area (Å²) in [6.07, 6.45) is 1.31. The minimum Gasteiger partial charge on any atom is -0.461 e. The first-order valence-corrected chi connectivity index (χ1v) is 4.40. The molecule has 1 aromatic heterocycles. The SMILES string of the molecule is CCOC(=O)c1ncc(C#N)cc1S. The van der Waals surface area contributed by atoms with E-state index >= 15 is 0 Å². The van der Waals surface area contributed by atoms with Crippen molar-refractivity contribution in [1.29, 1.82) is 5.26 Å². The highest BCUT2D eigenvalue weighted by atomic mass is 32.1. The summed E-state index contributed by atoms with van der Waals surface area (Å²) < 4.78 is 4.75. The second kappa shape index (κ2) is 4.63. The molecule has 14 heavy (non-hydrogen) atoms. The van der Waals surface area contributed by atoms with Gasteiger partial charge >= 0.3 is 5.97 Å². The van der Waals surface area contributed by atoms with Gasteiger partial charge in [0.25, 0.3) is 0 Å². The third-order valence-corrected chi connectivity index (χ3v) is 1.81. The van der Waals surface area contributed by atoms with Crippen LogP contribution in [-0.2, 0) is 4.74 Å². The van der Waals surface area contributed by atoms with Crippen molar-refractivity contribution in [2.24, 2.45) is 0 Å². The Balaban J connectivity index is 3.01. The van der Waals surface area contributed by atoms with E-state index in [1.165, 1.54) is 12.3 Å². The first kappa shape index (κ1) is 10.5. The summed E-state index contributed by atoms with van der Waals surface area (Å²) in [5.41, 5.74) is 0.497. The van der Waals surface area contributed by atoms with Crippen LogP contribution in [0.3, 0.4) is 0 Å². The van der Waals surface area contributed by atoms with Crippen molar-refractivity contribution in [2.75, 3.05) is 6.61 Å². The predicted octanol–water partition coefficient (Wildman–Crippen LogP) is 1.42. The van der Waals surface area contributed by atoms with Crippen LogP contribution in [0, 0.1) is 11.3 Å². The molecule has 0 aliphatic heterocycles. The lowest BCUT2D eigenvalue weighted by molar-refractivity contribution is 0.0515. The van der Waals surface area contributed by atoms with E-state index in [2.05, 4.69) is 17.6 Å². The molecule has 0 bridgehead atoms. The third-order valence-electron chi connectivity index (χ3n) is 1.47. The molecule has 1 aromatic rings. The summed E-state index contributed by atoms with van der Waals surface area (Å²) in [6.45, 7) is 1.99. The van der Waals surface area contributed by atoms with Crippen molar-refractivity contribution in [3.05, 3.63) is 23.5 Å². The van der Waals surface area contributed by atoms with Crippen LogP contribution < -0.4 is 0 Å². The van der Waals surface area contributed by atoms with Gasteiger partial charge < -0.3 is 4.74 Å². The van der Waals surface area contributed by atoms with Gasteiger partial charge in [0, 0.05) is 11.1 Å².